The molecule has 0 atom stereocenters. The number of carboxylic acid groups (broad SMARTS) is 1. The number of hydrogen-bond acceptors (Lipinski definition) is 3. The summed E-state index contributed by atoms with van der Waals surface area (Å²) in [7, 11) is 0. The van der Waals surface area contributed by atoms with Crippen molar-refractivity contribution in [2.45, 2.75) is 44.3 Å². The largest absolute Gasteiger partial charge is 0.493 e. The summed E-state index contributed by atoms with van der Waals surface area (Å²) in [6.07, 6.45) is -1.48. The maximum atomic E-state index is 14.3. The van der Waals surface area contributed by atoms with Crippen LogP contribution in [-0.2, 0) is 12.7 Å². The van der Waals surface area contributed by atoms with Gasteiger partial charge in [0, 0.05) is 69.6 Å². The Morgan fingerprint density at radius 1 is 1.09 bits per heavy atom. The quantitative estimate of drug-likeness (QED) is 0.338. The predicted octanol–water partition coefficient (Wildman–Crippen LogP) is 6.12. The van der Waals surface area contributed by atoms with Crippen LogP contribution in [0.25, 0.3) is 0 Å². The molecule has 1 aliphatic carbocycles. The second-order valence-electron chi connectivity index (χ2n) is 8.91. The van der Waals surface area contributed by atoms with E-state index in [-0.39, 0.29) is 80.9 Å². The van der Waals surface area contributed by atoms with Crippen molar-refractivity contribution in [1.82, 2.24) is 4.90 Å². The minimum absolute atomic E-state index is 0. The number of halogens is 6. The van der Waals surface area contributed by atoms with Gasteiger partial charge in [0.2, 0.25) is 0 Å². The van der Waals surface area contributed by atoms with Crippen LogP contribution in [0.5, 0.6) is 5.75 Å². The zero-order chi connectivity index (χ0) is 24.6. The van der Waals surface area contributed by atoms with Crippen LogP contribution in [0.3, 0.4) is 0 Å². The average Bonchev–Trinajstić information content (AvgIpc) is 3.60. The Kier molecular flexibility index (Phi) is 9.67. The van der Waals surface area contributed by atoms with E-state index in [4.69, 9.17) is 21.4 Å². The van der Waals surface area contributed by atoms with E-state index in [1.54, 1.807) is 0 Å². The maximum Gasteiger partial charge on any atom is 0.416 e. The molecular formula is C24H23ClF5KNO3. The van der Waals surface area contributed by atoms with Gasteiger partial charge < -0.3 is 9.84 Å². The Morgan fingerprint density at radius 2 is 1.74 bits per heavy atom. The molecule has 0 amide bonds. The molecule has 2 aromatic rings. The van der Waals surface area contributed by atoms with E-state index in [9.17, 15) is 26.7 Å². The van der Waals surface area contributed by atoms with Gasteiger partial charge in [0.1, 0.15) is 17.4 Å². The standard InChI is InChI=1S/C24H23ClF5NO3.K/c25-19-8-16(24(28,29)30)7-15(22(19)27)11-31-5-3-13(4-6-31)12-34-21-10-20(26)18(23(32)33)9-17(21)14-1-2-14;/h7-10,13-14H,1-6,11-12H2,(H,32,33);. The molecule has 1 saturated carbocycles. The molecule has 1 aliphatic heterocycles. The summed E-state index contributed by atoms with van der Waals surface area (Å²) in [5.41, 5.74) is -0.750. The molecule has 1 radical (unpaired) electrons. The molecular weight excluding hydrogens is 520 g/mol. The van der Waals surface area contributed by atoms with E-state index in [1.807, 2.05) is 4.90 Å². The number of nitrogens with zero attached hydrogens (tertiary/aromatic N) is 1. The molecule has 2 fully saturated rings. The van der Waals surface area contributed by atoms with Gasteiger partial charge in [-0.2, -0.15) is 13.2 Å². The topological polar surface area (TPSA) is 49.8 Å². The van der Waals surface area contributed by atoms with Crippen LogP contribution in [0.2, 0.25) is 5.02 Å². The zero-order valence-electron chi connectivity index (χ0n) is 19.1. The van der Waals surface area contributed by atoms with Crippen LogP contribution in [0.15, 0.2) is 24.3 Å². The predicted molar refractivity (Wildman–Crippen MR) is 121 cm³/mol. The summed E-state index contributed by atoms with van der Waals surface area (Å²) >= 11 is 5.67. The van der Waals surface area contributed by atoms with E-state index in [1.165, 1.54) is 6.07 Å². The average molecular weight is 543 g/mol. The maximum absolute atomic E-state index is 14.3. The Bertz CT molecular complexity index is 1090. The van der Waals surface area contributed by atoms with Gasteiger partial charge in [-0.1, -0.05) is 11.6 Å². The molecule has 1 N–H and O–H groups in total. The van der Waals surface area contributed by atoms with Crippen LogP contribution in [0.4, 0.5) is 22.0 Å². The molecule has 11 heteroatoms. The van der Waals surface area contributed by atoms with Gasteiger partial charge >= 0.3 is 12.1 Å². The summed E-state index contributed by atoms with van der Waals surface area (Å²) < 4.78 is 73.5. The molecule has 4 nitrogen and oxygen atoms in total. The van der Waals surface area contributed by atoms with Crippen molar-refractivity contribution < 1.29 is 36.6 Å². The first-order valence-electron chi connectivity index (χ1n) is 11.0. The minimum atomic E-state index is -4.61. The van der Waals surface area contributed by atoms with Gasteiger partial charge in [0.05, 0.1) is 22.8 Å². The summed E-state index contributed by atoms with van der Waals surface area (Å²) in [5.74, 6) is -2.36. The summed E-state index contributed by atoms with van der Waals surface area (Å²) in [5, 5.41) is 8.61. The molecule has 0 bridgehead atoms. The van der Waals surface area contributed by atoms with Gasteiger partial charge in [-0.05, 0) is 74.4 Å². The number of alkyl halides is 3. The molecule has 1 saturated heterocycles. The Labute approximate surface area is 247 Å². The SMILES string of the molecule is O=C(O)c1cc(C2CC2)c(OCC2CCN(Cc3cc(C(F)(F)F)cc(Cl)c3F)CC2)cc1F.[K]. The van der Waals surface area contributed by atoms with Crippen molar-refractivity contribution in [3.05, 3.63) is 63.2 Å². The normalized spacial score (nSPS) is 17.2. The number of piperidine rings is 1. The first-order valence-corrected chi connectivity index (χ1v) is 11.4. The van der Waals surface area contributed by atoms with Gasteiger partial charge in [0.25, 0.3) is 0 Å². The van der Waals surface area contributed by atoms with Gasteiger partial charge in [0.15, 0.2) is 0 Å². The Balaban J connectivity index is 0.00000342. The van der Waals surface area contributed by atoms with Crippen LogP contribution >= 0.6 is 11.6 Å². The first kappa shape index (κ1) is 28.8. The Morgan fingerprint density at radius 3 is 2.31 bits per heavy atom. The second-order valence-corrected chi connectivity index (χ2v) is 9.32. The molecule has 35 heavy (non-hydrogen) atoms. The van der Waals surface area contributed by atoms with Crippen LogP contribution in [0, 0.1) is 17.6 Å². The van der Waals surface area contributed by atoms with Crippen LogP contribution in [0.1, 0.15) is 58.6 Å². The molecule has 0 aromatic heterocycles. The fourth-order valence-electron chi connectivity index (χ4n) is 4.26. The molecule has 2 aromatic carbocycles. The number of hydrogen-bond donors (Lipinski definition) is 1. The molecule has 4 rings (SSSR count). The third-order valence-corrected chi connectivity index (χ3v) is 6.63. The number of rotatable bonds is 7. The van der Waals surface area contributed by atoms with Crippen LogP contribution < -0.4 is 4.74 Å². The van der Waals surface area contributed by atoms with Gasteiger partial charge in [-0.3, -0.25) is 4.90 Å². The number of aromatic carboxylic acids is 1. The minimum Gasteiger partial charge on any atom is -0.493 e. The van der Waals surface area contributed by atoms with E-state index in [2.05, 4.69) is 0 Å². The number of likely N-dealkylation sites (tertiary alicyclic amines) is 1. The summed E-state index contributed by atoms with van der Waals surface area (Å²) in [6.45, 7) is 1.38. The fourth-order valence-corrected chi connectivity index (χ4v) is 4.50. The van der Waals surface area contributed by atoms with Crippen molar-refractivity contribution in [2.75, 3.05) is 19.7 Å². The monoisotopic (exact) mass is 542 g/mol. The van der Waals surface area contributed by atoms with Gasteiger partial charge in [-0.15, -0.1) is 0 Å². The first-order chi connectivity index (χ1) is 16.0. The number of carboxylic acids is 1. The molecule has 1 heterocycles. The summed E-state index contributed by atoms with van der Waals surface area (Å²) in [4.78, 5) is 13.1. The zero-order valence-corrected chi connectivity index (χ0v) is 23.0. The molecule has 2 aliphatic rings. The molecule has 0 unspecified atom stereocenters. The van der Waals surface area contributed by atoms with E-state index >= 15 is 0 Å². The van der Waals surface area contributed by atoms with E-state index < -0.39 is 34.4 Å². The fraction of sp³-hybridized carbons (Fsp3) is 0.458. The molecule has 0 spiro atoms. The Hall–Kier alpha value is -0.754. The number of carbonyl (C=O) groups is 1. The van der Waals surface area contributed by atoms with Crippen LogP contribution in [-0.4, -0.2) is 87.1 Å². The van der Waals surface area contributed by atoms with Crippen molar-refractivity contribution in [3.63, 3.8) is 0 Å². The van der Waals surface area contributed by atoms with Crippen molar-refractivity contribution in [1.29, 1.82) is 0 Å². The third-order valence-electron chi connectivity index (χ3n) is 6.35. The summed E-state index contributed by atoms with van der Waals surface area (Å²) in [6, 6.07) is 3.87. The van der Waals surface area contributed by atoms with Crippen molar-refractivity contribution in [2.24, 2.45) is 5.92 Å². The van der Waals surface area contributed by atoms with Gasteiger partial charge in [-0.25, -0.2) is 13.6 Å². The second kappa shape index (κ2) is 11.7. The van der Waals surface area contributed by atoms with E-state index in [0.717, 1.165) is 25.0 Å². The van der Waals surface area contributed by atoms with Crippen molar-refractivity contribution in [3.8, 4) is 5.75 Å². The smallest absolute Gasteiger partial charge is 0.416 e. The third kappa shape index (κ3) is 7.18. The van der Waals surface area contributed by atoms with E-state index in [0.29, 0.717) is 49.9 Å². The number of ether oxygens (including phenoxy) is 1. The molecule has 185 valence electrons. The van der Waals surface area contributed by atoms with Crippen molar-refractivity contribution >= 4 is 69.0 Å². The number of benzene rings is 2.